The molecule has 0 heterocycles. The Balaban J connectivity index is 3.23. The first-order chi connectivity index (χ1) is 6.84. The van der Waals surface area contributed by atoms with Gasteiger partial charge in [-0.25, -0.2) is 0 Å². The number of halogens is 4. The van der Waals surface area contributed by atoms with E-state index in [1.165, 1.54) is 18.2 Å². The van der Waals surface area contributed by atoms with E-state index in [2.05, 4.69) is 0 Å². The van der Waals surface area contributed by atoms with Gasteiger partial charge in [0.1, 0.15) is 0 Å². The maximum atomic E-state index is 12.4. The number of alkyl halides is 3. The van der Waals surface area contributed by atoms with Crippen molar-refractivity contribution in [1.29, 1.82) is 0 Å². The summed E-state index contributed by atoms with van der Waals surface area (Å²) in [5.74, 6) is -4.54. The lowest BCUT2D eigenvalue weighted by Gasteiger charge is -2.17. The summed E-state index contributed by atoms with van der Waals surface area (Å²) in [4.78, 5) is 10.5. The van der Waals surface area contributed by atoms with Crippen molar-refractivity contribution in [3.63, 3.8) is 0 Å². The summed E-state index contributed by atoms with van der Waals surface area (Å²) in [6.45, 7) is 0. The van der Waals surface area contributed by atoms with Crippen LogP contribution >= 0.6 is 11.6 Å². The van der Waals surface area contributed by atoms with Crippen molar-refractivity contribution in [2.75, 3.05) is 0 Å². The smallest absolute Gasteiger partial charge is 0.406 e. The Morgan fingerprint density at radius 3 is 2.27 bits per heavy atom. The van der Waals surface area contributed by atoms with Crippen LogP contribution < -0.4 is 0 Å². The molecule has 0 saturated carbocycles. The predicted molar refractivity (Wildman–Crippen MR) is 47.9 cm³/mol. The van der Waals surface area contributed by atoms with Crippen molar-refractivity contribution in [3.8, 4) is 0 Å². The van der Waals surface area contributed by atoms with Gasteiger partial charge in [0.25, 0.3) is 0 Å². The van der Waals surface area contributed by atoms with Crippen LogP contribution in [0.15, 0.2) is 24.3 Å². The van der Waals surface area contributed by atoms with Gasteiger partial charge in [0.05, 0.1) is 0 Å². The van der Waals surface area contributed by atoms with Crippen LogP contribution in [0.25, 0.3) is 0 Å². The zero-order chi connectivity index (χ0) is 11.6. The molecule has 0 aliphatic rings. The van der Waals surface area contributed by atoms with E-state index in [1.54, 1.807) is 0 Å². The maximum absolute atomic E-state index is 12.4. The fraction of sp³-hybridized carbons (Fsp3) is 0.222. The number of rotatable bonds is 2. The molecule has 15 heavy (non-hydrogen) atoms. The zero-order valence-corrected chi connectivity index (χ0v) is 8.01. The van der Waals surface area contributed by atoms with Crippen LogP contribution in [0.4, 0.5) is 13.2 Å². The highest BCUT2D eigenvalue weighted by Gasteiger charge is 2.47. The van der Waals surface area contributed by atoms with E-state index in [1.807, 2.05) is 0 Å². The molecule has 0 amide bonds. The van der Waals surface area contributed by atoms with E-state index >= 15 is 0 Å². The molecule has 1 rings (SSSR count). The van der Waals surface area contributed by atoms with Crippen LogP contribution in [-0.4, -0.2) is 17.3 Å². The van der Waals surface area contributed by atoms with Gasteiger partial charge < -0.3 is 5.11 Å². The Kier molecular flexibility index (Phi) is 3.24. The van der Waals surface area contributed by atoms with Gasteiger partial charge in [-0.15, -0.1) is 0 Å². The summed E-state index contributed by atoms with van der Waals surface area (Å²) >= 11 is 5.51. The highest BCUT2D eigenvalue weighted by Crippen LogP contribution is 2.37. The molecule has 0 aliphatic carbocycles. The molecular formula is C9H6ClF3O2. The van der Waals surface area contributed by atoms with E-state index in [-0.39, 0.29) is 5.02 Å². The van der Waals surface area contributed by atoms with Gasteiger partial charge in [-0.05, 0) is 11.6 Å². The van der Waals surface area contributed by atoms with Gasteiger partial charge in [0.15, 0.2) is 5.92 Å². The lowest BCUT2D eigenvalue weighted by atomic mass is 9.99. The standard InChI is InChI=1S/C9H6ClF3O2/c10-6-4-2-1-3-5(6)7(8(14)15)9(11,12)13/h1-4,7H,(H,14,15). The fourth-order valence-corrected chi connectivity index (χ4v) is 1.40. The zero-order valence-electron chi connectivity index (χ0n) is 7.25. The Bertz CT molecular complexity index is 376. The fourth-order valence-electron chi connectivity index (χ4n) is 1.16. The van der Waals surface area contributed by atoms with Crippen LogP contribution in [0, 0.1) is 0 Å². The summed E-state index contributed by atoms with van der Waals surface area (Å²) < 4.78 is 37.2. The summed E-state index contributed by atoms with van der Waals surface area (Å²) in [6, 6.07) is 5.01. The van der Waals surface area contributed by atoms with Crippen molar-refractivity contribution in [2.45, 2.75) is 12.1 Å². The average Bonchev–Trinajstić information content (AvgIpc) is 2.05. The third-order valence-corrected chi connectivity index (χ3v) is 2.13. The molecule has 1 atom stereocenters. The minimum Gasteiger partial charge on any atom is -0.481 e. The van der Waals surface area contributed by atoms with Gasteiger partial charge in [0, 0.05) is 5.02 Å². The molecule has 1 unspecified atom stereocenters. The van der Waals surface area contributed by atoms with Crippen molar-refractivity contribution < 1.29 is 23.1 Å². The molecule has 1 aromatic carbocycles. The second-order valence-electron chi connectivity index (χ2n) is 2.83. The Labute approximate surface area is 88.3 Å². The summed E-state index contributed by atoms with van der Waals surface area (Å²) in [6.07, 6.45) is -4.85. The molecule has 6 heteroatoms. The van der Waals surface area contributed by atoms with Gasteiger partial charge in [-0.3, -0.25) is 4.79 Å². The first kappa shape index (κ1) is 11.8. The number of hydrogen-bond acceptors (Lipinski definition) is 1. The van der Waals surface area contributed by atoms with Crippen molar-refractivity contribution >= 4 is 17.6 Å². The second kappa shape index (κ2) is 4.10. The molecule has 0 saturated heterocycles. The highest BCUT2D eigenvalue weighted by molar-refractivity contribution is 6.31. The van der Waals surface area contributed by atoms with Crippen molar-refractivity contribution in [2.24, 2.45) is 0 Å². The summed E-state index contributed by atoms with van der Waals surface area (Å²) in [7, 11) is 0. The molecule has 82 valence electrons. The van der Waals surface area contributed by atoms with Gasteiger partial charge in [-0.2, -0.15) is 13.2 Å². The number of carboxylic acids is 1. The number of carbonyl (C=O) groups is 1. The molecule has 0 spiro atoms. The topological polar surface area (TPSA) is 37.3 Å². The second-order valence-corrected chi connectivity index (χ2v) is 3.24. The molecule has 1 aromatic rings. The number of benzene rings is 1. The van der Waals surface area contributed by atoms with E-state index in [4.69, 9.17) is 16.7 Å². The lowest BCUT2D eigenvalue weighted by Crippen LogP contribution is -2.28. The summed E-state index contributed by atoms with van der Waals surface area (Å²) in [5, 5.41) is 8.30. The molecule has 0 bridgehead atoms. The summed E-state index contributed by atoms with van der Waals surface area (Å²) in [5.41, 5.74) is -0.445. The monoisotopic (exact) mass is 238 g/mol. The van der Waals surface area contributed by atoms with E-state index in [0.29, 0.717) is 0 Å². The van der Waals surface area contributed by atoms with Crippen LogP contribution in [0.3, 0.4) is 0 Å². The third-order valence-electron chi connectivity index (χ3n) is 1.79. The number of carboxylic acid groups (broad SMARTS) is 1. The van der Waals surface area contributed by atoms with Gasteiger partial charge in [0.2, 0.25) is 0 Å². The van der Waals surface area contributed by atoms with Crippen LogP contribution in [0.1, 0.15) is 11.5 Å². The average molecular weight is 239 g/mol. The maximum Gasteiger partial charge on any atom is 0.406 e. The Morgan fingerprint density at radius 1 is 1.33 bits per heavy atom. The molecule has 0 aromatic heterocycles. The van der Waals surface area contributed by atoms with Gasteiger partial charge in [-0.1, -0.05) is 29.8 Å². The SMILES string of the molecule is O=C(O)C(c1ccccc1Cl)C(F)(F)F. The Hall–Kier alpha value is -1.23. The van der Waals surface area contributed by atoms with Crippen molar-refractivity contribution in [1.82, 2.24) is 0 Å². The highest BCUT2D eigenvalue weighted by atomic mass is 35.5. The van der Waals surface area contributed by atoms with Crippen molar-refractivity contribution in [3.05, 3.63) is 34.9 Å². The van der Waals surface area contributed by atoms with E-state index in [0.717, 1.165) is 6.07 Å². The number of aliphatic carboxylic acids is 1. The first-order valence-electron chi connectivity index (χ1n) is 3.88. The molecule has 0 aliphatic heterocycles. The van der Waals surface area contributed by atoms with Crippen LogP contribution in [0.5, 0.6) is 0 Å². The molecule has 2 nitrogen and oxygen atoms in total. The van der Waals surface area contributed by atoms with Gasteiger partial charge >= 0.3 is 12.1 Å². The van der Waals surface area contributed by atoms with Crippen LogP contribution in [-0.2, 0) is 4.79 Å². The quantitative estimate of drug-likeness (QED) is 0.860. The minimum atomic E-state index is -4.85. The van der Waals surface area contributed by atoms with Crippen LogP contribution in [0.2, 0.25) is 5.02 Å². The molecule has 0 radical (unpaired) electrons. The number of hydrogen-bond donors (Lipinski definition) is 1. The first-order valence-corrected chi connectivity index (χ1v) is 4.26. The lowest BCUT2D eigenvalue weighted by molar-refractivity contribution is -0.176. The third kappa shape index (κ3) is 2.62. The Morgan fingerprint density at radius 2 is 1.87 bits per heavy atom. The predicted octanol–water partition coefficient (Wildman–Crippen LogP) is 3.07. The largest absolute Gasteiger partial charge is 0.481 e. The molecule has 0 fully saturated rings. The van der Waals surface area contributed by atoms with E-state index in [9.17, 15) is 18.0 Å². The molecular weight excluding hydrogens is 233 g/mol. The van der Waals surface area contributed by atoms with E-state index < -0.39 is 23.6 Å². The normalized spacial score (nSPS) is 13.6. The minimum absolute atomic E-state index is 0.206. The molecule has 1 N–H and O–H groups in total.